The average Bonchev–Trinajstić information content (AvgIpc) is 3.52. The molecule has 1 aliphatic heterocycles. The Bertz CT molecular complexity index is 1380. The van der Waals surface area contributed by atoms with Gasteiger partial charge in [0.2, 0.25) is 5.82 Å². The van der Waals surface area contributed by atoms with Crippen LogP contribution in [0.25, 0.3) is 16.3 Å². The standard InChI is InChI=1S/C24H19FN4O3S2/c1-13-20(23-27-22(28-32-23)19-4-3-11-34-19)21(14-5-10-18(31-2)17(30)12-14)26-24(33)29(13)16-8-6-15(25)7-9-16/h3-12,21,30H,1-2H3,(H,26,33). The molecule has 0 aliphatic carbocycles. The third-order valence-corrected chi connectivity index (χ3v) is 6.67. The Morgan fingerprint density at radius 2 is 2.00 bits per heavy atom. The Morgan fingerprint density at radius 3 is 2.68 bits per heavy atom. The summed E-state index contributed by atoms with van der Waals surface area (Å²) in [4.78, 5) is 7.31. The van der Waals surface area contributed by atoms with Crippen molar-refractivity contribution in [2.75, 3.05) is 12.0 Å². The maximum absolute atomic E-state index is 13.6. The second kappa shape index (κ2) is 8.88. The van der Waals surface area contributed by atoms with E-state index in [1.807, 2.05) is 30.5 Å². The highest BCUT2D eigenvalue weighted by molar-refractivity contribution is 7.80. The number of rotatable bonds is 5. The molecule has 3 heterocycles. The van der Waals surface area contributed by atoms with Gasteiger partial charge in [0.25, 0.3) is 5.89 Å². The van der Waals surface area contributed by atoms with E-state index in [0.717, 1.165) is 16.1 Å². The predicted octanol–water partition coefficient (Wildman–Crippen LogP) is 5.52. The molecule has 10 heteroatoms. The minimum absolute atomic E-state index is 0.00418. The fraction of sp³-hybridized carbons (Fsp3) is 0.125. The first-order valence-electron chi connectivity index (χ1n) is 10.3. The summed E-state index contributed by atoms with van der Waals surface area (Å²) in [6.45, 7) is 1.89. The molecule has 2 aromatic heterocycles. The van der Waals surface area contributed by atoms with E-state index in [-0.39, 0.29) is 11.6 Å². The Labute approximate surface area is 204 Å². The summed E-state index contributed by atoms with van der Waals surface area (Å²) in [7, 11) is 1.49. The number of phenolic OH excluding ortho intramolecular Hbond substituents is 1. The van der Waals surface area contributed by atoms with Crippen LogP contribution in [-0.4, -0.2) is 27.5 Å². The van der Waals surface area contributed by atoms with Crippen molar-refractivity contribution in [2.24, 2.45) is 0 Å². The summed E-state index contributed by atoms with van der Waals surface area (Å²) < 4.78 is 24.4. The first-order chi connectivity index (χ1) is 16.5. The highest BCUT2D eigenvalue weighted by Crippen LogP contribution is 2.41. The van der Waals surface area contributed by atoms with Crippen molar-refractivity contribution in [3.63, 3.8) is 0 Å². The molecule has 4 aromatic rings. The number of hydrogen-bond donors (Lipinski definition) is 2. The van der Waals surface area contributed by atoms with Gasteiger partial charge in [0, 0.05) is 11.4 Å². The molecule has 1 atom stereocenters. The monoisotopic (exact) mass is 494 g/mol. The molecule has 0 bridgehead atoms. The quantitative estimate of drug-likeness (QED) is 0.351. The number of aromatic hydroxyl groups is 1. The number of halogens is 1. The smallest absolute Gasteiger partial charge is 0.258 e. The SMILES string of the molecule is COc1ccc(C2NC(=S)N(c3ccc(F)cc3)C(C)=C2c2nc(-c3cccs3)no2)cc1O. The maximum atomic E-state index is 13.6. The van der Waals surface area contributed by atoms with E-state index < -0.39 is 6.04 Å². The van der Waals surface area contributed by atoms with Gasteiger partial charge in [-0.2, -0.15) is 4.98 Å². The Balaban J connectivity index is 1.66. The Morgan fingerprint density at radius 1 is 1.21 bits per heavy atom. The number of anilines is 1. The van der Waals surface area contributed by atoms with Crippen molar-refractivity contribution < 1.29 is 18.8 Å². The summed E-state index contributed by atoms with van der Waals surface area (Å²) in [5.41, 5.74) is 2.82. The van der Waals surface area contributed by atoms with Crippen molar-refractivity contribution in [1.29, 1.82) is 0 Å². The second-order valence-corrected chi connectivity index (χ2v) is 8.86. The number of thiophene rings is 1. The summed E-state index contributed by atoms with van der Waals surface area (Å²) in [6.07, 6.45) is 0. The lowest BCUT2D eigenvalue weighted by atomic mass is 9.94. The number of aromatic nitrogens is 2. The zero-order valence-corrected chi connectivity index (χ0v) is 19.8. The lowest BCUT2D eigenvalue weighted by molar-refractivity contribution is 0.372. The van der Waals surface area contributed by atoms with Gasteiger partial charge in [-0.3, -0.25) is 4.90 Å². The summed E-state index contributed by atoms with van der Waals surface area (Å²) >= 11 is 7.19. The molecule has 34 heavy (non-hydrogen) atoms. The van der Waals surface area contributed by atoms with E-state index in [4.69, 9.17) is 21.5 Å². The summed E-state index contributed by atoms with van der Waals surface area (Å²) in [5.74, 6) is 0.794. The predicted molar refractivity (Wildman–Crippen MR) is 132 cm³/mol. The van der Waals surface area contributed by atoms with E-state index in [0.29, 0.717) is 33.8 Å². The van der Waals surface area contributed by atoms with Crippen LogP contribution in [0.4, 0.5) is 10.1 Å². The molecule has 2 N–H and O–H groups in total. The average molecular weight is 495 g/mol. The number of ether oxygens (including phenoxy) is 1. The number of hydrogen-bond acceptors (Lipinski definition) is 7. The number of benzene rings is 2. The molecule has 1 aliphatic rings. The highest BCUT2D eigenvalue weighted by Gasteiger charge is 2.35. The van der Waals surface area contributed by atoms with E-state index >= 15 is 0 Å². The lowest BCUT2D eigenvalue weighted by Gasteiger charge is -2.37. The van der Waals surface area contributed by atoms with Gasteiger partial charge < -0.3 is 19.7 Å². The van der Waals surface area contributed by atoms with Crippen LogP contribution < -0.4 is 15.0 Å². The Kier molecular flexibility index (Phi) is 5.76. The minimum atomic E-state index is -0.488. The van der Waals surface area contributed by atoms with Crippen LogP contribution in [0.15, 0.2) is 70.2 Å². The topological polar surface area (TPSA) is 83.7 Å². The van der Waals surface area contributed by atoms with Gasteiger partial charge in [-0.25, -0.2) is 4.39 Å². The van der Waals surface area contributed by atoms with Gasteiger partial charge in [0.15, 0.2) is 16.6 Å². The summed E-state index contributed by atoms with van der Waals surface area (Å²) in [6, 6.07) is 14.5. The zero-order chi connectivity index (χ0) is 23.8. The van der Waals surface area contributed by atoms with Crippen LogP contribution in [0.2, 0.25) is 0 Å². The van der Waals surface area contributed by atoms with Crippen LogP contribution >= 0.6 is 23.6 Å². The van der Waals surface area contributed by atoms with Crippen molar-refractivity contribution in [3.05, 3.63) is 82.9 Å². The molecule has 5 rings (SSSR count). The number of thiocarbonyl (C=S) groups is 1. The highest BCUT2D eigenvalue weighted by atomic mass is 32.1. The fourth-order valence-corrected chi connectivity index (χ4v) is 4.91. The van der Waals surface area contributed by atoms with Gasteiger partial charge in [0.05, 0.1) is 23.6 Å². The van der Waals surface area contributed by atoms with Crippen LogP contribution in [-0.2, 0) is 0 Å². The molecular weight excluding hydrogens is 475 g/mol. The van der Waals surface area contributed by atoms with Crippen molar-refractivity contribution in [1.82, 2.24) is 15.5 Å². The third kappa shape index (κ3) is 3.91. The van der Waals surface area contributed by atoms with Gasteiger partial charge in [0.1, 0.15) is 5.82 Å². The fourth-order valence-electron chi connectivity index (χ4n) is 3.90. The van der Waals surface area contributed by atoms with Gasteiger partial charge >= 0.3 is 0 Å². The molecule has 0 radical (unpaired) electrons. The van der Waals surface area contributed by atoms with Crippen LogP contribution in [0, 0.1) is 5.82 Å². The molecule has 0 spiro atoms. The lowest BCUT2D eigenvalue weighted by Crippen LogP contribution is -2.46. The molecule has 172 valence electrons. The molecule has 1 unspecified atom stereocenters. The van der Waals surface area contributed by atoms with Crippen LogP contribution in [0.5, 0.6) is 11.5 Å². The van der Waals surface area contributed by atoms with Crippen LogP contribution in [0.3, 0.4) is 0 Å². The van der Waals surface area contributed by atoms with Crippen LogP contribution in [0.1, 0.15) is 24.4 Å². The largest absolute Gasteiger partial charge is 0.504 e. The first-order valence-corrected chi connectivity index (χ1v) is 11.6. The van der Waals surface area contributed by atoms with Gasteiger partial charge in [-0.1, -0.05) is 17.3 Å². The van der Waals surface area contributed by atoms with Crippen molar-refractivity contribution in [2.45, 2.75) is 13.0 Å². The van der Waals surface area contributed by atoms with E-state index in [1.165, 1.54) is 30.6 Å². The molecule has 2 aromatic carbocycles. The second-order valence-electron chi connectivity index (χ2n) is 7.53. The van der Waals surface area contributed by atoms with Crippen molar-refractivity contribution >= 4 is 39.9 Å². The van der Waals surface area contributed by atoms with E-state index in [2.05, 4.69) is 15.5 Å². The van der Waals surface area contributed by atoms with E-state index in [1.54, 1.807) is 29.2 Å². The molecule has 0 saturated heterocycles. The number of nitrogens with one attached hydrogen (secondary N) is 1. The summed E-state index contributed by atoms with van der Waals surface area (Å²) in [5, 5.41) is 20.2. The number of nitrogens with zero attached hydrogens (tertiary/aromatic N) is 3. The molecule has 7 nitrogen and oxygen atoms in total. The maximum Gasteiger partial charge on any atom is 0.258 e. The third-order valence-electron chi connectivity index (χ3n) is 5.50. The molecule has 0 amide bonds. The number of methoxy groups -OCH3 is 1. The number of phenols is 1. The first kappa shape index (κ1) is 22.1. The Hall–Kier alpha value is -3.76. The van der Waals surface area contributed by atoms with Gasteiger partial charge in [-0.05, 0) is 72.5 Å². The molecule has 0 fully saturated rings. The van der Waals surface area contributed by atoms with Crippen molar-refractivity contribution in [3.8, 4) is 22.2 Å². The zero-order valence-electron chi connectivity index (χ0n) is 18.2. The van der Waals surface area contributed by atoms with Gasteiger partial charge in [-0.15, -0.1) is 11.3 Å². The van der Waals surface area contributed by atoms with E-state index in [9.17, 15) is 9.50 Å². The molecular formula is C24H19FN4O3S2. The number of allylic oxidation sites excluding steroid dienone is 1. The molecule has 0 saturated carbocycles. The normalized spacial score (nSPS) is 16.0. The minimum Gasteiger partial charge on any atom is -0.504 e.